The van der Waals surface area contributed by atoms with Gasteiger partial charge in [0.25, 0.3) is 0 Å². The van der Waals surface area contributed by atoms with Gasteiger partial charge in [-0.25, -0.2) is 9.18 Å². The molecule has 5 heteroatoms. The molecule has 0 fully saturated rings. The summed E-state index contributed by atoms with van der Waals surface area (Å²) in [6.45, 7) is 1.96. The quantitative estimate of drug-likeness (QED) is 0.884. The maximum Gasteiger partial charge on any atom is 0.354 e. The van der Waals surface area contributed by atoms with Gasteiger partial charge >= 0.3 is 5.97 Å². The summed E-state index contributed by atoms with van der Waals surface area (Å²) in [6, 6.07) is 7.51. The van der Waals surface area contributed by atoms with Gasteiger partial charge in [0, 0.05) is 0 Å². The Labute approximate surface area is 97.3 Å². The molecule has 0 spiro atoms. The molecule has 0 unspecified atom stereocenters. The third-order valence-corrected chi connectivity index (χ3v) is 2.34. The van der Waals surface area contributed by atoms with Crippen LogP contribution in [-0.2, 0) is 6.54 Å². The minimum atomic E-state index is -1.04. The Balaban J connectivity index is 2.32. The molecule has 17 heavy (non-hydrogen) atoms. The van der Waals surface area contributed by atoms with Crippen LogP contribution in [-0.4, -0.2) is 20.9 Å². The Morgan fingerprint density at radius 1 is 1.47 bits per heavy atom. The third kappa shape index (κ3) is 2.50. The van der Waals surface area contributed by atoms with E-state index in [-0.39, 0.29) is 18.1 Å². The molecule has 88 valence electrons. The molecule has 2 aromatic rings. The molecule has 1 N–H and O–H groups in total. The molecule has 0 aliphatic carbocycles. The van der Waals surface area contributed by atoms with E-state index in [1.807, 2.05) is 0 Å². The van der Waals surface area contributed by atoms with Crippen LogP contribution in [0, 0.1) is 12.7 Å². The summed E-state index contributed by atoms with van der Waals surface area (Å²) in [4.78, 5) is 11.0. The molecule has 0 aliphatic rings. The molecule has 1 heterocycles. The molecule has 0 atom stereocenters. The lowest BCUT2D eigenvalue weighted by Gasteiger charge is -2.04. The zero-order chi connectivity index (χ0) is 12.4. The maximum absolute atomic E-state index is 13.0. The van der Waals surface area contributed by atoms with E-state index in [2.05, 4.69) is 5.10 Å². The molecule has 1 aromatic carbocycles. The summed E-state index contributed by atoms with van der Waals surface area (Å²) in [5.41, 5.74) is 1.40. The van der Waals surface area contributed by atoms with Crippen LogP contribution in [0.15, 0.2) is 30.3 Å². The zero-order valence-corrected chi connectivity index (χ0v) is 9.22. The van der Waals surface area contributed by atoms with Crippen LogP contribution in [0.4, 0.5) is 4.39 Å². The number of aromatic nitrogens is 2. The first-order valence-corrected chi connectivity index (χ1v) is 5.08. The monoisotopic (exact) mass is 234 g/mol. The fourth-order valence-electron chi connectivity index (χ4n) is 1.65. The first kappa shape index (κ1) is 11.3. The number of aromatic carboxylic acids is 1. The van der Waals surface area contributed by atoms with Crippen LogP contribution in [0.5, 0.6) is 0 Å². The van der Waals surface area contributed by atoms with Crippen molar-refractivity contribution in [3.8, 4) is 0 Å². The molecule has 0 saturated carbocycles. The van der Waals surface area contributed by atoms with Crippen molar-refractivity contribution in [3.05, 3.63) is 53.1 Å². The predicted octanol–water partition coefficient (Wildman–Crippen LogP) is 2.08. The molecule has 0 aliphatic heterocycles. The van der Waals surface area contributed by atoms with Gasteiger partial charge in [-0.3, -0.25) is 4.68 Å². The number of nitrogens with zero attached hydrogens (tertiary/aromatic N) is 2. The fraction of sp³-hybridized carbons (Fsp3) is 0.167. The Morgan fingerprint density at radius 3 is 2.88 bits per heavy atom. The van der Waals surface area contributed by atoms with E-state index in [1.54, 1.807) is 19.1 Å². The van der Waals surface area contributed by atoms with E-state index in [1.165, 1.54) is 22.9 Å². The van der Waals surface area contributed by atoms with E-state index in [0.29, 0.717) is 11.3 Å². The number of carboxylic acid groups (broad SMARTS) is 1. The third-order valence-electron chi connectivity index (χ3n) is 2.34. The second kappa shape index (κ2) is 4.37. The minimum absolute atomic E-state index is 0.103. The number of carboxylic acids is 1. The van der Waals surface area contributed by atoms with Crippen LogP contribution in [0.25, 0.3) is 0 Å². The summed E-state index contributed by atoms with van der Waals surface area (Å²) >= 11 is 0. The van der Waals surface area contributed by atoms with Gasteiger partial charge in [-0.05, 0) is 30.7 Å². The Hall–Kier alpha value is -2.17. The number of carbonyl (C=O) groups is 1. The van der Waals surface area contributed by atoms with Crippen molar-refractivity contribution >= 4 is 5.97 Å². The van der Waals surface area contributed by atoms with Crippen molar-refractivity contribution in [1.29, 1.82) is 0 Å². The average Bonchev–Trinajstić information content (AvgIpc) is 2.59. The highest BCUT2D eigenvalue weighted by atomic mass is 19.1. The second-order valence-electron chi connectivity index (χ2n) is 3.76. The van der Waals surface area contributed by atoms with Crippen LogP contribution >= 0.6 is 0 Å². The van der Waals surface area contributed by atoms with Crippen molar-refractivity contribution < 1.29 is 14.3 Å². The molecule has 4 nitrogen and oxygen atoms in total. The summed E-state index contributed by atoms with van der Waals surface area (Å²) in [5, 5.41) is 13.0. The lowest BCUT2D eigenvalue weighted by molar-refractivity contribution is 0.0684. The molecule has 0 saturated heterocycles. The SMILES string of the molecule is Cc1cc(C(=O)O)n(Cc2cccc(F)c2)n1. The smallest absolute Gasteiger partial charge is 0.354 e. The van der Waals surface area contributed by atoms with Crippen LogP contribution in [0.2, 0.25) is 0 Å². The summed E-state index contributed by atoms with van der Waals surface area (Å²) in [5.74, 6) is -1.38. The molecule has 0 radical (unpaired) electrons. The topological polar surface area (TPSA) is 55.1 Å². The van der Waals surface area contributed by atoms with E-state index in [0.717, 1.165) is 0 Å². The lowest BCUT2D eigenvalue weighted by atomic mass is 10.2. The Bertz CT molecular complexity index is 563. The normalized spacial score (nSPS) is 10.5. The highest BCUT2D eigenvalue weighted by Gasteiger charge is 2.12. The molecular formula is C12H11FN2O2. The highest BCUT2D eigenvalue weighted by molar-refractivity contribution is 5.85. The average molecular weight is 234 g/mol. The number of benzene rings is 1. The number of rotatable bonds is 3. The van der Waals surface area contributed by atoms with Gasteiger partial charge in [-0.1, -0.05) is 12.1 Å². The number of aryl methyl sites for hydroxylation is 1. The predicted molar refractivity (Wildman–Crippen MR) is 59.4 cm³/mol. The Morgan fingerprint density at radius 2 is 2.24 bits per heavy atom. The van der Waals surface area contributed by atoms with Gasteiger partial charge in [0.15, 0.2) is 0 Å². The van der Waals surface area contributed by atoms with E-state index < -0.39 is 5.97 Å². The van der Waals surface area contributed by atoms with Crippen molar-refractivity contribution in [2.24, 2.45) is 0 Å². The largest absolute Gasteiger partial charge is 0.477 e. The van der Waals surface area contributed by atoms with E-state index >= 15 is 0 Å². The van der Waals surface area contributed by atoms with Gasteiger partial charge in [0.2, 0.25) is 0 Å². The number of hydrogen-bond donors (Lipinski definition) is 1. The van der Waals surface area contributed by atoms with Gasteiger partial charge in [0.05, 0.1) is 12.2 Å². The van der Waals surface area contributed by atoms with Crippen molar-refractivity contribution in [1.82, 2.24) is 9.78 Å². The van der Waals surface area contributed by atoms with Crippen molar-refractivity contribution in [2.45, 2.75) is 13.5 Å². The minimum Gasteiger partial charge on any atom is -0.477 e. The fourth-order valence-corrected chi connectivity index (χ4v) is 1.65. The number of hydrogen-bond acceptors (Lipinski definition) is 2. The highest BCUT2D eigenvalue weighted by Crippen LogP contribution is 2.09. The van der Waals surface area contributed by atoms with Gasteiger partial charge < -0.3 is 5.11 Å². The van der Waals surface area contributed by atoms with Crippen LogP contribution < -0.4 is 0 Å². The zero-order valence-electron chi connectivity index (χ0n) is 9.22. The van der Waals surface area contributed by atoms with Crippen molar-refractivity contribution in [3.63, 3.8) is 0 Å². The molecular weight excluding hydrogens is 223 g/mol. The lowest BCUT2D eigenvalue weighted by Crippen LogP contribution is -2.11. The van der Waals surface area contributed by atoms with Crippen molar-refractivity contribution in [2.75, 3.05) is 0 Å². The molecule has 0 bridgehead atoms. The summed E-state index contributed by atoms with van der Waals surface area (Å²) in [7, 11) is 0. The standard InChI is InChI=1S/C12H11FN2O2/c1-8-5-11(12(16)17)15(14-8)7-9-3-2-4-10(13)6-9/h2-6H,7H2,1H3,(H,16,17). The summed E-state index contributed by atoms with van der Waals surface area (Å²) < 4.78 is 14.3. The summed E-state index contributed by atoms with van der Waals surface area (Å²) in [6.07, 6.45) is 0. The molecule has 1 aromatic heterocycles. The first-order chi connectivity index (χ1) is 8.06. The Kier molecular flexibility index (Phi) is 2.91. The molecule has 0 amide bonds. The van der Waals surface area contributed by atoms with Gasteiger partial charge in [-0.15, -0.1) is 0 Å². The molecule has 2 rings (SSSR count). The van der Waals surface area contributed by atoms with Gasteiger partial charge in [0.1, 0.15) is 11.5 Å². The van der Waals surface area contributed by atoms with Crippen LogP contribution in [0.1, 0.15) is 21.7 Å². The van der Waals surface area contributed by atoms with Crippen LogP contribution in [0.3, 0.4) is 0 Å². The van der Waals surface area contributed by atoms with E-state index in [4.69, 9.17) is 5.11 Å². The maximum atomic E-state index is 13.0. The first-order valence-electron chi connectivity index (χ1n) is 5.08. The second-order valence-corrected chi connectivity index (χ2v) is 3.76. The van der Waals surface area contributed by atoms with E-state index in [9.17, 15) is 9.18 Å². The number of halogens is 1. The van der Waals surface area contributed by atoms with Gasteiger partial charge in [-0.2, -0.15) is 5.10 Å².